The molecule has 0 saturated heterocycles. The first kappa shape index (κ1) is 8.51. The summed E-state index contributed by atoms with van der Waals surface area (Å²) in [5, 5.41) is 0. The van der Waals surface area contributed by atoms with Crippen LogP contribution in [0, 0.1) is 5.82 Å². The summed E-state index contributed by atoms with van der Waals surface area (Å²) in [6, 6.07) is 4.97. The molecule has 13 heavy (non-hydrogen) atoms. The van der Waals surface area contributed by atoms with Gasteiger partial charge in [-0.3, -0.25) is 0 Å². The smallest absolute Gasteiger partial charge is 0.165 e. The lowest BCUT2D eigenvalue weighted by atomic mass is 10.00. The highest BCUT2D eigenvalue weighted by Crippen LogP contribution is 2.36. The quantitative estimate of drug-likeness (QED) is 0.712. The van der Waals surface area contributed by atoms with Gasteiger partial charge in [0, 0.05) is 18.5 Å². The van der Waals surface area contributed by atoms with Crippen molar-refractivity contribution in [2.75, 3.05) is 6.54 Å². The van der Waals surface area contributed by atoms with Gasteiger partial charge < -0.3 is 10.5 Å². The average molecular weight is 181 g/mol. The van der Waals surface area contributed by atoms with Gasteiger partial charge in [0.1, 0.15) is 5.60 Å². The predicted octanol–water partition coefficient (Wildman–Crippen LogP) is 1.48. The van der Waals surface area contributed by atoms with Crippen LogP contribution in [0.2, 0.25) is 0 Å². The Labute approximate surface area is 76.5 Å². The molecular formula is C10H12FNO. The number of rotatable bonds is 1. The van der Waals surface area contributed by atoms with Crippen LogP contribution < -0.4 is 10.5 Å². The summed E-state index contributed by atoms with van der Waals surface area (Å²) in [4.78, 5) is 0. The molecule has 0 aliphatic carbocycles. The first-order valence-electron chi connectivity index (χ1n) is 4.31. The Kier molecular flexibility index (Phi) is 1.77. The van der Waals surface area contributed by atoms with Gasteiger partial charge in [0.05, 0.1) is 0 Å². The highest BCUT2D eigenvalue weighted by Gasteiger charge is 2.34. The molecular weight excluding hydrogens is 169 g/mol. The summed E-state index contributed by atoms with van der Waals surface area (Å²) >= 11 is 0. The molecule has 0 aromatic heterocycles. The van der Waals surface area contributed by atoms with Gasteiger partial charge in [-0.2, -0.15) is 0 Å². The highest BCUT2D eigenvalue weighted by molar-refractivity contribution is 5.40. The first-order valence-corrected chi connectivity index (χ1v) is 4.31. The van der Waals surface area contributed by atoms with Crippen LogP contribution in [0.25, 0.3) is 0 Å². The number of para-hydroxylation sites is 1. The second kappa shape index (κ2) is 2.70. The lowest BCUT2D eigenvalue weighted by Crippen LogP contribution is -2.39. The number of halogens is 1. The molecule has 2 nitrogen and oxygen atoms in total. The van der Waals surface area contributed by atoms with Crippen molar-refractivity contribution in [1.82, 2.24) is 0 Å². The Balaban J connectivity index is 2.40. The second-order valence-electron chi connectivity index (χ2n) is 3.66. The van der Waals surface area contributed by atoms with Crippen molar-refractivity contribution < 1.29 is 9.13 Å². The lowest BCUT2D eigenvalue weighted by Gasteiger charge is -2.21. The molecule has 3 heteroatoms. The Morgan fingerprint density at radius 2 is 2.38 bits per heavy atom. The van der Waals surface area contributed by atoms with Crippen molar-refractivity contribution in [2.45, 2.75) is 18.9 Å². The van der Waals surface area contributed by atoms with Crippen LogP contribution in [0.4, 0.5) is 4.39 Å². The molecule has 0 amide bonds. The summed E-state index contributed by atoms with van der Waals surface area (Å²) in [7, 11) is 0. The fraction of sp³-hybridized carbons (Fsp3) is 0.400. The van der Waals surface area contributed by atoms with Gasteiger partial charge in [0.2, 0.25) is 0 Å². The topological polar surface area (TPSA) is 35.2 Å². The molecule has 2 rings (SSSR count). The van der Waals surface area contributed by atoms with Gasteiger partial charge in [0.25, 0.3) is 0 Å². The van der Waals surface area contributed by atoms with E-state index in [0.29, 0.717) is 18.7 Å². The molecule has 1 heterocycles. The van der Waals surface area contributed by atoms with E-state index in [4.69, 9.17) is 10.5 Å². The fourth-order valence-electron chi connectivity index (χ4n) is 1.61. The number of fused-ring (bicyclic) bond motifs is 1. The molecule has 0 radical (unpaired) electrons. The Morgan fingerprint density at radius 1 is 1.62 bits per heavy atom. The highest BCUT2D eigenvalue weighted by atomic mass is 19.1. The third kappa shape index (κ3) is 1.29. The fourth-order valence-corrected chi connectivity index (χ4v) is 1.61. The minimum atomic E-state index is -0.426. The van der Waals surface area contributed by atoms with E-state index in [9.17, 15) is 4.39 Å². The zero-order valence-electron chi connectivity index (χ0n) is 7.51. The average Bonchev–Trinajstić information content (AvgIpc) is 2.45. The van der Waals surface area contributed by atoms with Crippen LogP contribution >= 0.6 is 0 Å². The Morgan fingerprint density at radius 3 is 3.00 bits per heavy atom. The van der Waals surface area contributed by atoms with Crippen LogP contribution in [-0.2, 0) is 6.42 Å². The maximum Gasteiger partial charge on any atom is 0.165 e. The lowest BCUT2D eigenvalue weighted by molar-refractivity contribution is 0.121. The van der Waals surface area contributed by atoms with Crippen LogP contribution in [0.15, 0.2) is 18.2 Å². The summed E-state index contributed by atoms with van der Waals surface area (Å²) in [6.07, 6.45) is 0.691. The van der Waals surface area contributed by atoms with Gasteiger partial charge in [-0.05, 0) is 13.0 Å². The van der Waals surface area contributed by atoms with Crippen molar-refractivity contribution in [2.24, 2.45) is 5.73 Å². The van der Waals surface area contributed by atoms with Crippen LogP contribution in [0.5, 0.6) is 5.75 Å². The van der Waals surface area contributed by atoms with Crippen molar-refractivity contribution in [1.29, 1.82) is 0 Å². The molecule has 1 aromatic carbocycles. The zero-order chi connectivity index (χ0) is 9.47. The SMILES string of the molecule is CC1(CN)Cc2cccc(F)c2O1. The molecule has 2 N–H and O–H groups in total. The van der Waals surface area contributed by atoms with Crippen LogP contribution in [0.1, 0.15) is 12.5 Å². The van der Waals surface area contributed by atoms with Gasteiger partial charge >= 0.3 is 0 Å². The minimum absolute atomic E-state index is 0.297. The first-order chi connectivity index (χ1) is 6.14. The number of ether oxygens (including phenoxy) is 1. The minimum Gasteiger partial charge on any atom is -0.483 e. The van der Waals surface area contributed by atoms with E-state index in [2.05, 4.69) is 0 Å². The van der Waals surface area contributed by atoms with Gasteiger partial charge in [-0.1, -0.05) is 12.1 Å². The summed E-state index contributed by atoms with van der Waals surface area (Å²) < 4.78 is 18.7. The van der Waals surface area contributed by atoms with E-state index in [-0.39, 0.29) is 5.82 Å². The van der Waals surface area contributed by atoms with E-state index in [1.54, 1.807) is 6.07 Å². The predicted molar refractivity (Wildman–Crippen MR) is 48.2 cm³/mol. The molecule has 1 aliphatic heterocycles. The number of hydrogen-bond acceptors (Lipinski definition) is 2. The third-order valence-electron chi connectivity index (χ3n) is 2.39. The van der Waals surface area contributed by atoms with Crippen molar-refractivity contribution in [3.8, 4) is 5.75 Å². The van der Waals surface area contributed by atoms with E-state index in [1.165, 1.54) is 6.07 Å². The van der Waals surface area contributed by atoms with E-state index >= 15 is 0 Å². The molecule has 0 spiro atoms. The van der Waals surface area contributed by atoms with E-state index in [1.807, 2.05) is 13.0 Å². The maximum atomic E-state index is 13.2. The van der Waals surface area contributed by atoms with E-state index < -0.39 is 5.60 Å². The molecule has 0 fully saturated rings. The Hall–Kier alpha value is -1.09. The number of hydrogen-bond donors (Lipinski definition) is 1. The largest absolute Gasteiger partial charge is 0.483 e. The van der Waals surface area contributed by atoms with Crippen molar-refractivity contribution in [3.63, 3.8) is 0 Å². The van der Waals surface area contributed by atoms with Crippen molar-refractivity contribution in [3.05, 3.63) is 29.6 Å². The second-order valence-corrected chi connectivity index (χ2v) is 3.66. The standard InChI is InChI=1S/C10H12FNO/c1-10(6-12)5-7-3-2-4-8(11)9(7)13-10/h2-4H,5-6,12H2,1H3. The van der Waals surface area contributed by atoms with Gasteiger partial charge in [-0.25, -0.2) is 4.39 Å². The molecule has 0 saturated carbocycles. The van der Waals surface area contributed by atoms with Crippen molar-refractivity contribution >= 4 is 0 Å². The molecule has 0 bridgehead atoms. The van der Waals surface area contributed by atoms with E-state index in [0.717, 1.165) is 5.56 Å². The molecule has 1 atom stereocenters. The summed E-state index contributed by atoms with van der Waals surface area (Å²) in [5.74, 6) is 0.0742. The molecule has 1 aromatic rings. The van der Waals surface area contributed by atoms with Gasteiger partial charge in [0.15, 0.2) is 11.6 Å². The summed E-state index contributed by atoms with van der Waals surface area (Å²) in [6.45, 7) is 2.30. The van der Waals surface area contributed by atoms with Crippen LogP contribution in [0.3, 0.4) is 0 Å². The maximum absolute atomic E-state index is 13.2. The third-order valence-corrected chi connectivity index (χ3v) is 2.39. The zero-order valence-corrected chi connectivity index (χ0v) is 7.51. The molecule has 1 unspecified atom stereocenters. The normalized spacial score (nSPS) is 25.5. The molecule has 1 aliphatic rings. The molecule has 70 valence electrons. The Bertz CT molecular complexity index is 340. The number of benzene rings is 1. The summed E-state index contributed by atoms with van der Waals surface area (Å²) in [5.41, 5.74) is 6.03. The van der Waals surface area contributed by atoms with Crippen LogP contribution in [-0.4, -0.2) is 12.1 Å². The monoisotopic (exact) mass is 181 g/mol. The number of nitrogens with two attached hydrogens (primary N) is 1. The van der Waals surface area contributed by atoms with Gasteiger partial charge in [-0.15, -0.1) is 0 Å².